The van der Waals surface area contributed by atoms with Crippen LogP contribution in [0.2, 0.25) is 0 Å². The lowest BCUT2D eigenvalue weighted by atomic mass is 10.0. The van der Waals surface area contributed by atoms with Crippen LogP contribution in [0, 0.1) is 0 Å². The summed E-state index contributed by atoms with van der Waals surface area (Å²) in [6.07, 6.45) is -1.96. The fourth-order valence-corrected chi connectivity index (χ4v) is 2.51. The van der Waals surface area contributed by atoms with Crippen molar-refractivity contribution in [2.45, 2.75) is 19.5 Å². The van der Waals surface area contributed by atoms with Crippen LogP contribution in [0.25, 0.3) is 5.70 Å². The summed E-state index contributed by atoms with van der Waals surface area (Å²) in [7, 11) is 0. The number of fused-ring (bicyclic) bond motifs is 1. The van der Waals surface area contributed by atoms with Crippen molar-refractivity contribution in [3.63, 3.8) is 0 Å². The van der Waals surface area contributed by atoms with Crippen molar-refractivity contribution in [1.29, 1.82) is 0 Å². The summed E-state index contributed by atoms with van der Waals surface area (Å²) in [5, 5.41) is 7.43. The summed E-state index contributed by atoms with van der Waals surface area (Å²) in [5.41, 5.74) is 1.66. The van der Waals surface area contributed by atoms with E-state index in [1.165, 1.54) is 12.1 Å². The van der Waals surface area contributed by atoms with Gasteiger partial charge in [0.05, 0.1) is 17.5 Å². The molecule has 3 rings (SSSR count). The quantitative estimate of drug-likeness (QED) is 0.907. The zero-order valence-electron chi connectivity index (χ0n) is 11.4. The second-order valence-corrected chi connectivity index (χ2v) is 4.87. The molecule has 2 aromatic rings. The molecule has 1 aromatic carbocycles. The molecule has 0 radical (unpaired) electrons. The number of hydrogen-bond acceptors (Lipinski definition) is 2. The fraction of sp³-hybridized carbons (Fsp3) is 0.267. The Morgan fingerprint density at radius 2 is 2.10 bits per heavy atom. The van der Waals surface area contributed by atoms with Crippen LogP contribution in [0.1, 0.15) is 24.5 Å². The summed E-state index contributed by atoms with van der Waals surface area (Å²) in [4.78, 5) is 0. The van der Waals surface area contributed by atoms with E-state index >= 15 is 0 Å². The molecule has 0 unspecified atom stereocenters. The molecule has 6 heteroatoms. The van der Waals surface area contributed by atoms with Crippen LogP contribution >= 0.6 is 0 Å². The van der Waals surface area contributed by atoms with Crippen LogP contribution in [0.15, 0.2) is 42.1 Å². The summed E-state index contributed by atoms with van der Waals surface area (Å²) in [5.74, 6) is 0.791. The highest BCUT2D eigenvalue weighted by molar-refractivity contribution is 5.74. The monoisotopic (exact) mass is 293 g/mol. The molecule has 0 saturated carbocycles. The Hall–Kier alpha value is -2.24. The zero-order chi connectivity index (χ0) is 15.0. The number of anilines is 1. The molecular weight excluding hydrogens is 279 g/mol. The van der Waals surface area contributed by atoms with Gasteiger partial charge in [0.15, 0.2) is 0 Å². The lowest BCUT2D eigenvalue weighted by molar-refractivity contribution is -0.137. The van der Waals surface area contributed by atoms with Gasteiger partial charge in [-0.3, -0.25) is 0 Å². The fourth-order valence-electron chi connectivity index (χ4n) is 2.51. The highest BCUT2D eigenvalue weighted by atomic mass is 19.4. The van der Waals surface area contributed by atoms with E-state index in [9.17, 15) is 13.2 Å². The second-order valence-electron chi connectivity index (χ2n) is 4.87. The summed E-state index contributed by atoms with van der Waals surface area (Å²) >= 11 is 0. The maximum absolute atomic E-state index is 12.9. The first kappa shape index (κ1) is 13.7. The molecule has 0 saturated heterocycles. The minimum atomic E-state index is -4.34. The van der Waals surface area contributed by atoms with Crippen molar-refractivity contribution >= 4 is 11.5 Å². The lowest BCUT2D eigenvalue weighted by Crippen LogP contribution is -2.20. The van der Waals surface area contributed by atoms with Gasteiger partial charge in [-0.25, -0.2) is 4.68 Å². The molecule has 1 aliphatic heterocycles. The third kappa shape index (κ3) is 2.41. The summed E-state index contributed by atoms with van der Waals surface area (Å²) < 4.78 is 40.4. The van der Waals surface area contributed by atoms with Gasteiger partial charge in [-0.2, -0.15) is 18.3 Å². The van der Waals surface area contributed by atoms with E-state index in [2.05, 4.69) is 10.4 Å². The average Bonchev–Trinajstić information content (AvgIpc) is 2.93. The van der Waals surface area contributed by atoms with E-state index in [0.717, 1.165) is 29.6 Å². The maximum Gasteiger partial charge on any atom is 0.416 e. The number of benzene rings is 1. The molecule has 0 atom stereocenters. The molecule has 1 aromatic heterocycles. The van der Waals surface area contributed by atoms with Gasteiger partial charge >= 0.3 is 6.18 Å². The molecule has 110 valence electrons. The molecule has 3 nitrogen and oxygen atoms in total. The predicted octanol–water partition coefficient (Wildman–Crippen LogP) is 4.00. The van der Waals surface area contributed by atoms with Crippen molar-refractivity contribution in [1.82, 2.24) is 9.78 Å². The van der Waals surface area contributed by atoms with Gasteiger partial charge in [0.2, 0.25) is 0 Å². The Kier molecular flexibility index (Phi) is 3.23. The van der Waals surface area contributed by atoms with Crippen LogP contribution in [0.4, 0.5) is 19.0 Å². The van der Waals surface area contributed by atoms with Crippen molar-refractivity contribution in [3.8, 4) is 0 Å². The number of halogens is 3. The molecule has 21 heavy (non-hydrogen) atoms. The number of aromatic nitrogens is 2. The molecule has 0 bridgehead atoms. The van der Waals surface area contributed by atoms with E-state index in [4.69, 9.17) is 0 Å². The van der Waals surface area contributed by atoms with Gasteiger partial charge < -0.3 is 5.32 Å². The van der Waals surface area contributed by atoms with Crippen LogP contribution in [0.3, 0.4) is 0 Å². The maximum atomic E-state index is 12.9. The van der Waals surface area contributed by atoms with E-state index in [1.54, 1.807) is 23.0 Å². The van der Waals surface area contributed by atoms with Gasteiger partial charge in [0, 0.05) is 18.2 Å². The number of nitrogens with zero attached hydrogens (tertiary/aromatic N) is 2. The number of nitrogens with one attached hydrogen (secondary N) is 1. The Bertz CT molecular complexity index is 698. The topological polar surface area (TPSA) is 29.9 Å². The van der Waals surface area contributed by atoms with E-state index in [0.29, 0.717) is 12.1 Å². The normalized spacial score (nSPS) is 14.9. The summed E-state index contributed by atoms with van der Waals surface area (Å²) in [6.45, 7) is 2.60. The van der Waals surface area contributed by atoms with E-state index in [-0.39, 0.29) is 0 Å². The Morgan fingerprint density at radius 1 is 1.29 bits per heavy atom. The zero-order valence-corrected chi connectivity index (χ0v) is 11.4. The Morgan fingerprint density at radius 3 is 2.81 bits per heavy atom. The van der Waals surface area contributed by atoms with Gasteiger partial charge in [0.25, 0.3) is 0 Å². The van der Waals surface area contributed by atoms with Crippen molar-refractivity contribution < 1.29 is 13.2 Å². The lowest BCUT2D eigenvalue weighted by Gasteiger charge is -2.23. The first-order chi connectivity index (χ1) is 10.0. The Balaban J connectivity index is 2.16. The van der Waals surface area contributed by atoms with E-state index < -0.39 is 11.7 Å². The molecular formula is C15H14F3N3. The van der Waals surface area contributed by atoms with Crippen LogP contribution < -0.4 is 5.32 Å². The highest BCUT2D eigenvalue weighted by Crippen LogP contribution is 2.34. The average molecular weight is 293 g/mol. The SMILES string of the molecule is CCC1=C(c2cccc(C(F)(F)F)c2)n2nccc2NC1. The minimum Gasteiger partial charge on any atom is -0.366 e. The largest absolute Gasteiger partial charge is 0.416 e. The minimum absolute atomic E-state index is 0.535. The first-order valence-corrected chi connectivity index (χ1v) is 6.68. The molecule has 1 N–H and O–H groups in total. The standard InChI is InChI=1S/C15H14F3N3/c1-2-10-9-19-13-6-7-20-21(13)14(10)11-4-3-5-12(8-11)15(16,17)18/h3-8,19H,2,9H2,1H3. The predicted molar refractivity (Wildman–Crippen MR) is 74.8 cm³/mol. The molecule has 1 aliphatic rings. The Labute approximate surface area is 120 Å². The van der Waals surface area contributed by atoms with E-state index in [1.807, 2.05) is 6.92 Å². The molecule has 2 heterocycles. The molecule has 0 spiro atoms. The molecule has 0 fully saturated rings. The van der Waals surface area contributed by atoms with Crippen molar-refractivity contribution in [2.75, 3.05) is 11.9 Å². The summed E-state index contributed by atoms with van der Waals surface area (Å²) in [6, 6.07) is 7.20. The highest BCUT2D eigenvalue weighted by Gasteiger charge is 2.31. The molecule has 0 aliphatic carbocycles. The van der Waals surface area contributed by atoms with Gasteiger partial charge in [0.1, 0.15) is 5.82 Å². The third-order valence-corrected chi connectivity index (χ3v) is 3.56. The van der Waals surface area contributed by atoms with Gasteiger partial charge in [-0.1, -0.05) is 19.1 Å². The number of rotatable bonds is 2. The first-order valence-electron chi connectivity index (χ1n) is 6.68. The molecule has 0 amide bonds. The number of hydrogen-bond donors (Lipinski definition) is 1. The van der Waals surface area contributed by atoms with Crippen LogP contribution in [0.5, 0.6) is 0 Å². The van der Waals surface area contributed by atoms with Crippen LogP contribution in [-0.4, -0.2) is 16.3 Å². The third-order valence-electron chi connectivity index (χ3n) is 3.56. The number of alkyl halides is 3. The van der Waals surface area contributed by atoms with Gasteiger partial charge in [-0.15, -0.1) is 0 Å². The smallest absolute Gasteiger partial charge is 0.366 e. The van der Waals surface area contributed by atoms with Crippen molar-refractivity contribution in [2.24, 2.45) is 0 Å². The van der Waals surface area contributed by atoms with Crippen molar-refractivity contribution in [3.05, 3.63) is 53.2 Å². The second kappa shape index (κ2) is 4.95. The van der Waals surface area contributed by atoms with Gasteiger partial charge in [-0.05, 0) is 24.1 Å². The van der Waals surface area contributed by atoms with Crippen LogP contribution in [-0.2, 0) is 6.18 Å².